The third kappa shape index (κ3) is 4.18. The largest absolute Gasteiger partial charge is 0.381 e. The molecule has 0 bridgehead atoms. The number of rotatable bonds is 5. The van der Waals surface area contributed by atoms with Gasteiger partial charge in [0.2, 0.25) is 0 Å². The van der Waals surface area contributed by atoms with E-state index in [9.17, 15) is 4.39 Å². The van der Waals surface area contributed by atoms with Crippen LogP contribution in [0.25, 0.3) is 0 Å². The molecule has 1 fully saturated rings. The minimum atomic E-state index is -0.155. The van der Waals surface area contributed by atoms with Crippen LogP contribution in [0.4, 0.5) is 10.1 Å². The van der Waals surface area contributed by atoms with Crippen LogP contribution >= 0.6 is 0 Å². The fourth-order valence-corrected chi connectivity index (χ4v) is 2.77. The summed E-state index contributed by atoms with van der Waals surface area (Å²) in [5.74, 6) is 0.439. The predicted octanol–water partition coefficient (Wildman–Crippen LogP) is 2.58. The number of hydrogen-bond acceptors (Lipinski definition) is 3. The monoisotopic (exact) mass is 280 g/mol. The van der Waals surface area contributed by atoms with Gasteiger partial charge in [0.05, 0.1) is 5.69 Å². The minimum absolute atomic E-state index is 0.0558. The van der Waals surface area contributed by atoms with Crippen LogP contribution in [0.5, 0.6) is 0 Å². The van der Waals surface area contributed by atoms with Gasteiger partial charge in [0.1, 0.15) is 5.82 Å². The molecule has 1 unspecified atom stereocenters. The van der Waals surface area contributed by atoms with Gasteiger partial charge in [-0.2, -0.15) is 0 Å². The van der Waals surface area contributed by atoms with E-state index in [2.05, 4.69) is 0 Å². The normalized spacial score (nSPS) is 18.0. The summed E-state index contributed by atoms with van der Waals surface area (Å²) in [7, 11) is 1.96. The summed E-state index contributed by atoms with van der Waals surface area (Å²) in [6.45, 7) is 4.47. The van der Waals surface area contributed by atoms with Crippen molar-refractivity contribution in [3.8, 4) is 0 Å². The van der Waals surface area contributed by atoms with Gasteiger partial charge in [0.25, 0.3) is 0 Å². The van der Waals surface area contributed by atoms with E-state index in [0.717, 1.165) is 38.2 Å². The first-order valence-corrected chi connectivity index (χ1v) is 7.39. The first kappa shape index (κ1) is 15.3. The van der Waals surface area contributed by atoms with Gasteiger partial charge in [-0.05, 0) is 49.8 Å². The smallest absolute Gasteiger partial charge is 0.146 e. The third-order valence-corrected chi connectivity index (χ3v) is 3.85. The molecule has 0 aliphatic carbocycles. The predicted molar refractivity (Wildman–Crippen MR) is 80.6 cm³/mol. The van der Waals surface area contributed by atoms with E-state index in [-0.39, 0.29) is 11.9 Å². The molecule has 1 aromatic rings. The maximum absolute atomic E-state index is 14.2. The Labute approximate surface area is 120 Å². The molecule has 1 aliphatic rings. The summed E-state index contributed by atoms with van der Waals surface area (Å²) in [6, 6.07) is 5.51. The summed E-state index contributed by atoms with van der Waals surface area (Å²) < 4.78 is 19.6. The van der Waals surface area contributed by atoms with Gasteiger partial charge < -0.3 is 15.4 Å². The van der Waals surface area contributed by atoms with Crippen LogP contribution in [0.1, 0.15) is 25.3 Å². The quantitative estimate of drug-likeness (QED) is 0.901. The molecule has 2 N–H and O–H groups in total. The second-order valence-electron chi connectivity index (χ2n) is 5.90. The Morgan fingerprint density at radius 1 is 1.40 bits per heavy atom. The molecule has 20 heavy (non-hydrogen) atoms. The first-order valence-electron chi connectivity index (χ1n) is 7.39. The van der Waals surface area contributed by atoms with Crippen LogP contribution in [0.15, 0.2) is 18.2 Å². The van der Waals surface area contributed by atoms with Crippen molar-refractivity contribution >= 4 is 5.69 Å². The molecule has 0 saturated carbocycles. The number of benzene rings is 1. The number of halogens is 1. The van der Waals surface area contributed by atoms with Gasteiger partial charge in [0.15, 0.2) is 0 Å². The second kappa shape index (κ2) is 7.04. The van der Waals surface area contributed by atoms with E-state index < -0.39 is 0 Å². The molecule has 1 saturated heterocycles. The number of ether oxygens (including phenoxy) is 1. The summed E-state index contributed by atoms with van der Waals surface area (Å²) in [5, 5.41) is 0. The van der Waals surface area contributed by atoms with Crippen molar-refractivity contribution < 1.29 is 9.13 Å². The molecule has 2 rings (SSSR count). The lowest BCUT2D eigenvalue weighted by Crippen LogP contribution is -2.30. The van der Waals surface area contributed by atoms with Crippen molar-refractivity contribution in [3.05, 3.63) is 29.6 Å². The van der Waals surface area contributed by atoms with E-state index in [4.69, 9.17) is 10.5 Å². The molecule has 112 valence electrons. The molecule has 0 amide bonds. The lowest BCUT2D eigenvalue weighted by molar-refractivity contribution is 0.0685. The Morgan fingerprint density at radius 3 is 2.70 bits per heavy atom. The fraction of sp³-hybridized carbons (Fsp3) is 0.625. The van der Waals surface area contributed by atoms with Crippen LogP contribution < -0.4 is 10.6 Å². The van der Waals surface area contributed by atoms with E-state index >= 15 is 0 Å². The van der Waals surface area contributed by atoms with Crippen molar-refractivity contribution in [2.75, 3.05) is 31.7 Å². The van der Waals surface area contributed by atoms with Crippen molar-refractivity contribution in [2.24, 2.45) is 11.7 Å². The summed E-state index contributed by atoms with van der Waals surface area (Å²) in [6.07, 6.45) is 2.84. The van der Waals surface area contributed by atoms with Gasteiger partial charge in [-0.15, -0.1) is 0 Å². The molecule has 0 aromatic heterocycles. The number of nitrogens with two attached hydrogens (primary N) is 1. The Morgan fingerprint density at radius 2 is 2.10 bits per heavy atom. The number of anilines is 1. The highest BCUT2D eigenvalue weighted by molar-refractivity contribution is 5.48. The van der Waals surface area contributed by atoms with Crippen molar-refractivity contribution in [3.63, 3.8) is 0 Å². The van der Waals surface area contributed by atoms with E-state index in [1.807, 2.05) is 31.0 Å². The third-order valence-electron chi connectivity index (χ3n) is 3.85. The second-order valence-corrected chi connectivity index (χ2v) is 5.90. The molecule has 1 atom stereocenters. The van der Waals surface area contributed by atoms with Crippen LogP contribution in [-0.4, -0.2) is 32.8 Å². The van der Waals surface area contributed by atoms with Crippen molar-refractivity contribution in [1.82, 2.24) is 0 Å². The highest BCUT2D eigenvalue weighted by Gasteiger charge is 2.17. The number of hydrogen-bond donors (Lipinski definition) is 1. The molecular formula is C16H25FN2O. The zero-order valence-corrected chi connectivity index (χ0v) is 12.4. The van der Waals surface area contributed by atoms with Crippen LogP contribution in [0, 0.1) is 11.7 Å². The summed E-state index contributed by atoms with van der Waals surface area (Å²) in [4.78, 5) is 2.01. The molecule has 0 radical (unpaired) electrons. The number of nitrogens with zero attached hydrogens (tertiary/aromatic N) is 1. The minimum Gasteiger partial charge on any atom is -0.381 e. The molecule has 0 spiro atoms. The van der Waals surface area contributed by atoms with E-state index in [1.165, 1.54) is 0 Å². The van der Waals surface area contributed by atoms with Crippen molar-refractivity contribution in [1.29, 1.82) is 0 Å². The first-order chi connectivity index (χ1) is 9.56. The fourth-order valence-electron chi connectivity index (χ4n) is 2.77. The molecule has 1 aromatic carbocycles. The molecule has 3 nitrogen and oxygen atoms in total. The van der Waals surface area contributed by atoms with Gasteiger partial charge in [-0.25, -0.2) is 4.39 Å². The standard InChI is InChI=1S/C16H25FN2O/c1-12(18)9-14-3-4-16(15(17)10-14)19(2)11-13-5-7-20-8-6-13/h3-4,10,12-13H,5-9,11,18H2,1-2H3. The lowest BCUT2D eigenvalue weighted by Gasteiger charge is -2.28. The highest BCUT2D eigenvalue weighted by Crippen LogP contribution is 2.23. The average Bonchev–Trinajstić information content (AvgIpc) is 2.39. The van der Waals surface area contributed by atoms with Crippen LogP contribution in [0.2, 0.25) is 0 Å². The highest BCUT2D eigenvalue weighted by atomic mass is 19.1. The Kier molecular flexibility index (Phi) is 5.38. The molecule has 4 heteroatoms. The van der Waals surface area contributed by atoms with Crippen LogP contribution in [-0.2, 0) is 11.2 Å². The van der Waals surface area contributed by atoms with Gasteiger partial charge in [0, 0.05) is 32.8 Å². The zero-order chi connectivity index (χ0) is 14.5. The van der Waals surface area contributed by atoms with E-state index in [1.54, 1.807) is 6.07 Å². The summed E-state index contributed by atoms with van der Waals surface area (Å²) >= 11 is 0. The Balaban J connectivity index is 2.00. The topological polar surface area (TPSA) is 38.5 Å². The van der Waals surface area contributed by atoms with Crippen LogP contribution in [0.3, 0.4) is 0 Å². The molecule has 1 aliphatic heterocycles. The Bertz CT molecular complexity index is 430. The maximum atomic E-state index is 14.2. The van der Waals surface area contributed by atoms with E-state index in [0.29, 0.717) is 18.0 Å². The maximum Gasteiger partial charge on any atom is 0.146 e. The van der Waals surface area contributed by atoms with Crippen molar-refractivity contribution in [2.45, 2.75) is 32.2 Å². The molecular weight excluding hydrogens is 255 g/mol. The Hall–Kier alpha value is -1.13. The zero-order valence-electron chi connectivity index (χ0n) is 12.4. The van der Waals surface area contributed by atoms with Gasteiger partial charge >= 0.3 is 0 Å². The summed E-state index contributed by atoms with van der Waals surface area (Å²) in [5.41, 5.74) is 7.38. The van der Waals surface area contributed by atoms with Gasteiger partial charge in [-0.3, -0.25) is 0 Å². The molecule has 1 heterocycles. The SMILES string of the molecule is CC(N)Cc1ccc(N(C)CC2CCOCC2)c(F)c1. The van der Waals surface area contributed by atoms with Gasteiger partial charge in [-0.1, -0.05) is 6.07 Å². The average molecular weight is 280 g/mol. The lowest BCUT2D eigenvalue weighted by atomic mass is 9.99.